The number of hydrogen-bond acceptors (Lipinski definition) is 3. The summed E-state index contributed by atoms with van der Waals surface area (Å²) in [5.41, 5.74) is 2.09. The van der Waals surface area contributed by atoms with Gasteiger partial charge in [0.15, 0.2) is 0 Å². The van der Waals surface area contributed by atoms with E-state index in [2.05, 4.69) is 37.4 Å². The average Bonchev–Trinajstić information content (AvgIpc) is 2.96. The van der Waals surface area contributed by atoms with E-state index in [1.807, 2.05) is 48.1 Å². The van der Waals surface area contributed by atoms with Gasteiger partial charge in [-0.25, -0.2) is 4.68 Å². The first kappa shape index (κ1) is 15.7. The minimum atomic E-state index is -0.154. The smallest absolute Gasteiger partial charge is 0.0750 e. The molecule has 4 nitrogen and oxygen atoms in total. The molecule has 4 heteroatoms. The van der Waals surface area contributed by atoms with Crippen molar-refractivity contribution in [2.24, 2.45) is 0 Å². The van der Waals surface area contributed by atoms with Gasteiger partial charge >= 0.3 is 0 Å². The van der Waals surface area contributed by atoms with Crippen LogP contribution in [-0.4, -0.2) is 28.5 Å². The van der Waals surface area contributed by atoms with Crippen molar-refractivity contribution in [3.63, 3.8) is 0 Å². The molecular formula is C17H25N3O. The van der Waals surface area contributed by atoms with Gasteiger partial charge in [-0.3, -0.25) is 0 Å². The van der Waals surface area contributed by atoms with E-state index >= 15 is 0 Å². The maximum Gasteiger partial charge on any atom is 0.0750 e. The molecule has 1 aromatic heterocycles. The van der Waals surface area contributed by atoms with Gasteiger partial charge in [-0.1, -0.05) is 18.2 Å². The van der Waals surface area contributed by atoms with Crippen LogP contribution in [-0.2, 0) is 4.74 Å². The Morgan fingerprint density at radius 1 is 1.29 bits per heavy atom. The predicted octanol–water partition coefficient (Wildman–Crippen LogP) is 3.34. The topological polar surface area (TPSA) is 39.1 Å². The maximum atomic E-state index is 5.71. The Labute approximate surface area is 127 Å². The van der Waals surface area contributed by atoms with Gasteiger partial charge in [0.05, 0.1) is 17.5 Å². The van der Waals surface area contributed by atoms with Gasteiger partial charge in [0.1, 0.15) is 0 Å². The highest BCUT2D eigenvalue weighted by atomic mass is 16.5. The van der Waals surface area contributed by atoms with Crippen LogP contribution in [0.4, 0.5) is 0 Å². The SMILES string of the molecule is CCOC(C)(C)CNC(C)c1cnn(-c2ccccc2)c1. The Morgan fingerprint density at radius 2 is 2.00 bits per heavy atom. The number of nitrogens with one attached hydrogen (secondary N) is 1. The lowest BCUT2D eigenvalue weighted by Gasteiger charge is -2.26. The lowest BCUT2D eigenvalue weighted by atomic mass is 10.1. The summed E-state index contributed by atoms with van der Waals surface area (Å²) in [5, 5.41) is 7.94. The molecule has 21 heavy (non-hydrogen) atoms. The van der Waals surface area contributed by atoms with Crippen molar-refractivity contribution in [3.05, 3.63) is 48.3 Å². The third-order valence-electron chi connectivity index (χ3n) is 3.49. The largest absolute Gasteiger partial charge is 0.375 e. The van der Waals surface area contributed by atoms with Gasteiger partial charge in [0.2, 0.25) is 0 Å². The van der Waals surface area contributed by atoms with Crippen molar-refractivity contribution in [3.8, 4) is 5.69 Å². The van der Waals surface area contributed by atoms with Gasteiger partial charge < -0.3 is 10.1 Å². The zero-order chi connectivity index (χ0) is 15.3. The van der Waals surface area contributed by atoms with Gasteiger partial charge in [0.25, 0.3) is 0 Å². The fraction of sp³-hybridized carbons (Fsp3) is 0.471. The second kappa shape index (κ2) is 6.87. The van der Waals surface area contributed by atoms with Crippen molar-refractivity contribution in [1.29, 1.82) is 0 Å². The summed E-state index contributed by atoms with van der Waals surface area (Å²) in [4.78, 5) is 0. The molecule has 1 aromatic carbocycles. The molecule has 1 atom stereocenters. The summed E-state index contributed by atoms with van der Waals surface area (Å²) in [7, 11) is 0. The highest BCUT2D eigenvalue weighted by molar-refractivity contribution is 5.31. The zero-order valence-electron chi connectivity index (χ0n) is 13.3. The van der Waals surface area contributed by atoms with Crippen LogP contribution in [0.2, 0.25) is 0 Å². The number of aromatic nitrogens is 2. The first-order chi connectivity index (χ1) is 10.0. The van der Waals surface area contributed by atoms with Gasteiger partial charge in [-0.2, -0.15) is 5.10 Å². The molecule has 2 rings (SSSR count). The van der Waals surface area contributed by atoms with Crippen molar-refractivity contribution in [1.82, 2.24) is 15.1 Å². The van der Waals surface area contributed by atoms with E-state index in [1.165, 1.54) is 5.56 Å². The van der Waals surface area contributed by atoms with Gasteiger partial charge in [-0.15, -0.1) is 0 Å². The Balaban J connectivity index is 1.98. The van der Waals surface area contributed by atoms with Crippen LogP contribution in [0, 0.1) is 0 Å². The number of rotatable bonds is 7. The fourth-order valence-electron chi connectivity index (χ4n) is 2.24. The number of hydrogen-bond donors (Lipinski definition) is 1. The predicted molar refractivity (Wildman–Crippen MR) is 85.7 cm³/mol. The fourth-order valence-corrected chi connectivity index (χ4v) is 2.24. The van der Waals surface area contributed by atoms with Gasteiger partial charge in [-0.05, 0) is 39.8 Å². The molecular weight excluding hydrogens is 262 g/mol. The molecule has 0 radical (unpaired) electrons. The van der Waals surface area contributed by atoms with E-state index in [0.29, 0.717) is 0 Å². The molecule has 1 unspecified atom stereocenters. The summed E-state index contributed by atoms with van der Waals surface area (Å²) in [5.74, 6) is 0. The molecule has 1 heterocycles. The highest BCUT2D eigenvalue weighted by Gasteiger charge is 2.19. The molecule has 0 aliphatic rings. The standard InChI is InChI=1S/C17H25N3O/c1-5-21-17(3,4)13-18-14(2)15-11-19-20(12-15)16-9-7-6-8-10-16/h6-12,14,18H,5,13H2,1-4H3. The van der Waals surface area contributed by atoms with Crippen LogP contribution in [0.15, 0.2) is 42.7 Å². The normalized spacial score (nSPS) is 13.3. The first-order valence-electron chi connectivity index (χ1n) is 7.49. The Morgan fingerprint density at radius 3 is 2.67 bits per heavy atom. The van der Waals surface area contributed by atoms with Crippen LogP contribution in [0.1, 0.15) is 39.3 Å². The molecule has 0 fully saturated rings. The molecule has 114 valence electrons. The van der Waals surface area contributed by atoms with E-state index in [0.717, 1.165) is 18.8 Å². The second-order valence-electron chi connectivity index (χ2n) is 5.85. The maximum absolute atomic E-state index is 5.71. The molecule has 0 saturated heterocycles. The summed E-state index contributed by atoms with van der Waals surface area (Å²) in [6.07, 6.45) is 3.99. The minimum Gasteiger partial charge on any atom is -0.375 e. The molecule has 0 spiro atoms. The van der Waals surface area contributed by atoms with Crippen molar-refractivity contribution < 1.29 is 4.74 Å². The summed E-state index contributed by atoms with van der Waals surface area (Å²) in [6, 6.07) is 10.4. The lowest BCUT2D eigenvalue weighted by Crippen LogP contribution is -2.38. The van der Waals surface area contributed by atoms with Crippen LogP contribution in [0.5, 0.6) is 0 Å². The quantitative estimate of drug-likeness (QED) is 0.849. The molecule has 0 aliphatic heterocycles. The van der Waals surface area contributed by atoms with E-state index in [4.69, 9.17) is 4.74 Å². The second-order valence-corrected chi connectivity index (χ2v) is 5.85. The Kier molecular flexibility index (Phi) is 5.15. The third-order valence-corrected chi connectivity index (χ3v) is 3.49. The zero-order valence-corrected chi connectivity index (χ0v) is 13.3. The molecule has 0 aliphatic carbocycles. The summed E-state index contributed by atoms with van der Waals surface area (Å²) in [6.45, 7) is 9.91. The number of nitrogens with zero attached hydrogens (tertiary/aromatic N) is 2. The van der Waals surface area contributed by atoms with Crippen LogP contribution in [0.3, 0.4) is 0 Å². The van der Waals surface area contributed by atoms with E-state index < -0.39 is 0 Å². The van der Waals surface area contributed by atoms with E-state index in [-0.39, 0.29) is 11.6 Å². The Bertz CT molecular complexity index is 548. The Hall–Kier alpha value is -1.65. The minimum absolute atomic E-state index is 0.154. The lowest BCUT2D eigenvalue weighted by molar-refractivity contribution is -0.0103. The molecule has 2 aromatic rings. The summed E-state index contributed by atoms with van der Waals surface area (Å²) < 4.78 is 7.61. The van der Waals surface area contributed by atoms with Crippen molar-refractivity contribution >= 4 is 0 Å². The number of ether oxygens (including phenoxy) is 1. The first-order valence-corrected chi connectivity index (χ1v) is 7.49. The van der Waals surface area contributed by atoms with E-state index in [1.54, 1.807) is 0 Å². The molecule has 0 bridgehead atoms. The van der Waals surface area contributed by atoms with Crippen LogP contribution in [0.25, 0.3) is 5.69 Å². The number of para-hydroxylation sites is 1. The molecule has 0 amide bonds. The monoisotopic (exact) mass is 287 g/mol. The van der Waals surface area contributed by atoms with E-state index in [9.17, 15) is 0 Å². The average molecular weight is 287 g/mol. The van der Waals surface area contributed by atoms with Gasteiger partial charge in [0, 0.05) is 31.0 Å². The molecule has 1 N–H and O–H groups in total. The van der Waals surface area contributed by atoms with Crippen LogP contribution < -0.4 is 5.32 Å². The van der Waals surface area contributed by atoms with Crippen LogP contribution >= 0.6 is 0 Å². The molecule has 0 saturated carbocycles. The highest BCUT2D eigenvalue weighted by Crippen LogP contribution is 2.16. The third kappa shape index (κ3) is 4.41. The van der Waals surface area contributed by atoms with Crippen molar-refractivity contribution in [2.75, 3.05) is 13.2 Å². The summed E-state index contributed by atoms with van der Waals surface area (Å²) >= 11 is 0. The number of benzene rings is 1. The van der Waals surface area contributed by atoms with Crippen molar-refractivity contribution in [2.45, 2.75) is 39.3 Å².